The number of aryl methyl sites for hydroxylation is 1. The molecule has 0 fully saturated rings. The first kappa shape index (κ1) is 18.6. The molecule has 0 radical (unpaired) electrons. The van der Waals surface area contributed by atoms with Crippen molar-refractivity contribution >= 4 is 23.1 Å². The summed E-state index contributed by atoms with van der Waals surface area (Å²) in [5.74, 6) is 0.744. The number of carbonyl (C=O) groups excluding carboxylic acids is 2. The van der Waals surface area contributed by atoms with Gasteiger partial charge in [0.25, 0.3) is 0 Å². The predicted molar refractivity (Wildman–Crippen MR) is 102 cm³/mol. The van der Waals surface area contributed by atoms with Gasteiger partial charge in [-0.2, -0.15) is 0 Å². The lowest BCUT2D eigenvalue weighted by atomic mass is 9.90. The molecule has 0 amide bonds. The summed E-state index contributed by atoms with van der Waals surface area (Å²) in [6, 6.07) is 8.83. The summed E-state index contributed by atoms with van der Waals surface area (Å²) in [5, 5.41) is 0. The van der Waals surface area contributed by atoms with Gasteiger partial charge in [0, 0.05) is 10.4 Å². The van der Waals surface area contributed by atoms with Gasteiger partial charge >= 0.3 is 5.97 Å². The molecule has 0 aliphatic heterocycles. The molecule has 5 heteroatoms. The number of fused-ring (bicyclic) bond motifs is 1. The molecule has 4 nitrogen and oxygen atoms in total. The molecule has 0 spiro atoms. The Morgan fingerprint density at radius 3 is 2.69 bits per heavy atom. The Balaban J connectivity index is 1.64. The Labute approximate surface area is 158 Å². The van der Waals surface area contributed by atoms with Crippen molar-refractivity contribution in [2.75, 3.05) is 6.61 Å². The molecular formula is C21H24O4S. The molecule has 1 aromatic heterocycles. The van der Waals surface area contributed by atoms with Crippen molar-refractivity contribution < 1.29 is 19.1 Å². The molecule has 0 unspecified atom stereocenters. The molecule has 0 bridgehead atoms. The number of hydrogen-bond acceptors (Lipinski definition) is 5. The summed E-state index contributed by atoms with van der Waals surface area (Å²) < 4.78 is 10.8. The molecule has 0 saturated carbocycles. The summed E-state index contributed by atoms with van der Waals surface area (Å²) in [7, 11) is 0. The molecule has 0 N–H and O–H groups in total. The predicted octanol–water partition coefficient (Wildman–Crippen LogP) is 4.70. The van der Waals surface area contributed by atoms with Crippen LogP contribution >= 0.6 is 11.3 Å². The van der Waals surface area contributed by atoms with Gasteiger partial charge in [-0.15, -0.1) is 11.3 Å². The lowest BCUT2D eigenvalue weighted by molar-refractivity contribution is 0.0323. The normalized spacial score (nSPS) is 17.3. The number of ketones is 1. The Morgan fingerprint density at radius 2 is 2.00 bits per heavy atom. The second kappa shape index (κ2) is 8.04. The molecule has 1 aliphatic carbocycles. The summed E-state index contributed by atoms with van der Waals surface area (Å²) in [6.45, 7) is 6.33. The smallest absolute Gasteiger partial charge is 0.349 e. The van der Waals surface area contributed by atoms with Crippen molar-refractivity contribution in [3.05, 3.63) is 51.2 Å². The van der Waals surface area contributed by atoms with E-state index in [9.17, 15) is 9.59 Å². The number of hydrogen-bond donors (Lipinski definition) is 0. The van der Waals surface area contributed by atoms with Gasteiger partial charge < -0.3 is 9.47 Å². The number of rotatable bonds is 6. The van der Waals surface area contributed by atoms with Gasteiger partial charge in [0.1, 0.15) is 10.6 Å². The van der Waals surface area contributed by atoms with Crippen LogP contribution in [0.2, 0.25) is 0 Å². The van der Waals surface area contributed by atoms with Crippen molar-refractivity contribution in [3.63, 3.8) is 0 Å². The summed E-state index contributed by atoms with van der Waals surface area (Å²) >= 11 is 1.50. The maximum Gasteiger partial charge on any atom is 0.349 e. The number of thiophene rings is 1. The summed E-state index contributed by atoms with van der Waals surface area (Å²) in [6.07, 6.45) is 2.38. The van der Waals surface area contributed by atoms with E-state index in [0.717, 1.165) is 19.3 Å². The van der Waals surface area contributed by atoms with E-state index in [1.54, 1.807) is 31.2 Å². The van der Waals surface area contributed by atoms with Gasteiger partial charge in [0.2, 0.25) is 5.78 Å². The second-order valence-corrected chi connectivity index (χ2v) is 7.91. The van der Waals surface area contributed by atoms with E-state index in [-0.39, 0.29) is 5.78 Å². The number of benzene rings is 1. The number of esters is 1. The van der Waals surface area contributed by atoms with E-state index in [2.05, 4.69) is 6.92 Å². The third-order valence-corrected chi connectivity index (χ3v) is 5.85. The zero-order valence-electron chi connectivity index (χ0n) is 15.4. The van der Waals surface area contributed by atoms with Crippen molar-refractivity contribution in [1.82, 2.24) is 0 Å². The molecule has 3 rings (SSSR count). The van der Waals surface area contributed by atoms with E-state index in [4.69, 9.17) is 9.47 Å². The lowest BCUT2D eigenvalue weighted by Gasteiger charge is -2.16. The highest BCUT2D eigenvalue weighted by atomic mass is 32.1. The zero-order valence-corrected chi connectivity index (χ0v) is 16.2. The average molecular weight is 372 g/mol. The average Bonchev–Trinajstić information content (AvgIpc) is 3.05. The van der Waals surface area contributed by atoms with Gasteiger partial charge in [-0.25, -0.2) is 4.79 Å². The van der Waals surface area contributed by atoms with Crippen LogP contribution in [0.15, 0.2) is 30.3 Å². The Hall–Kier alpha value is -2.14. The van der Waals surface area contributed by atoms with Crippen molar-refractivity contribution in [2.24, 2.45) is 5.92 Å². The SMILES string of the molecule is CCOc1ccc(C(=O)[C@H](C)OC(=O)c2cc3c(s2)CC[C@@H](C)C3)cc1. The molecule has 138 valence electrons. The highest BCUT2D eigenvalue weighted by molar-refractivity contribution is 7.14. The number of Topliss-reactive ketones (excluding diaryl/α,β-unsaturated/α-hetero) is 1. The van der Waals surface area contributed by atoms with Crippen LogP contribution in [0.3, 0.4) is 0 Å². The van der Waals surface area contributed by atoms with E-state index in [1.807, 2.05) is 13.0 Å². The van der Waals surface area contributed by atoms with E-state index >= 15 is 0 Å². The molecule has 2 atom stereocenters. The zero-order chi connectivity index (χ0) is 18.7. The van der Waals surface area contributed by atoms with E-state index < -0.39 is 12.1 Å². The third-order valence-electron chi connectivity index (χ3n) is 4.63. The fraction of sp³-hybridized carbons (Fsp3) is 0.429. The highest BCUT2D eigenvalue weighted by Crippen LogP contribution is 2.32. The molecule has 1 aliphatic rings. The van der Waals surface area contributed by atoms with Crippen LogP contribution in [0.5, 0.6) is 5.75 Å². The Bertz CT molecular complexity index is 791. The third kappa shape index (κ3) is 4.15. The standard InChI is InChI=1S/C21H24O4S/c1-4-24-17-8-6-15(7-9-17)20(22)14(3)25-21(23)19-12-16-11-13(2)5-10-18(16)26-19/h6-9,12-14H,4-5,10-11H2,1-3H3/t13-,14+/m1/s1. The molecule has 26 heavy (non-hydrogen) atoms. The Kier molecular flexibility index (Phi) is 5.77. The van der Waals surface area contributed by atoms with Gasteiger partial charge in [-0.05, 0) is 74.9 Å². The summed E-state index contributed by atoms with van der Waals surface area (Å²) in [5.41, 5.74) is 1.76. The van der Waals surface area contributed by atoms with Crippen molar-refractivity contribution in [2.45, 2.75) is 46.1 Å². The first-order chi connectivity index (χ1) is 12.5. The molecule has 1 heterocycles. The topological polar surface area (TPSA) is 52.6 Å². The summed E-state index contributed by atoms with van der Waals surface area (Å²) in [4.78, 5) is 26.8. The van der Waals surface area contributed by atoms with Crippen LogP contribution in [0, 0.1) is 5.92 Å². The minimum Gasteiger partial charge on any atom is -0.494 e. The van der Waals surface area contributed by atoms with Crippen LogP contribution < -0.4 is 4.74 Å². The quantitative estimate of drug-likeness (QED) is 0.545. The number of ether oxygens (including phenoxy) is 2. The van der Waals surface area contributed by atoms with Gasteiger partial charge in [-0.3, -0.25) is 4.79 Å². The van der Waals surface area contributed by atoms with E-state index in [0.29, 0.717) is 28.7 Å². The van der Waals surface area contributed by atoms with Gasteiger partial charge in [0.05, 0.1) is 6.61 Å². The monoisotopic (exact) mass is 372 g/mol. The molecule has 0 saturated heterocycles. The molecule has 1 aromatic carbocycles. The first-order valence-electron chi connectivity index (χ1n) is 9.07. The lowest BCUT2D eigenvalue weighted by Crippen LogP contribution is -2.24. The maximum atomic E-state index is 12.5. The maximum absolute atomic E-state index is 12.5. The fourth-order valence-corrected chi connectivity index (χ4v) is 4.29. The van der Waals surface area contributed by atoms with Crippen LogP contribution in [0.25, 0.3) is 0 Å². The van der Waals surface area contributed by atoms with Crippen LogP contribution in [0.4, 0.5) is 0 Å². The van der Waals surface area contributed by atoms with Crippen molar-refractivity contribution in [3.8, 4) is 5.75 Å². The van der Waals surface area contributed by atoms with Crippen LogP contribution in [-0.4, -0.2) is 24.5 Å². The van der Waals surface area contributed by atoms with Gasteiger partial charge in [0.15, 0.2) is 6.10 Å². The van der Waals surface area contributed by atoms with Crippen LogP contribution in [-0.2, 0) is 17.6 Å². The Morgan fingerprint density at radius 1 is 1.27 bits per heavy atom. The highest BCUT2D eigenvalue weighted by Gasteiger charge is 2.24. The van der Waals surface area contributed by atoms with Crippen LogP contribution in [0.1, 0.15) is 57.7 Å². The minimum atomic E-state index is -0.821. The molecular weight excluding hydrogens is 348 g/mol. The second-order valence-electron chi connectivity index (χ2n) is 6.78. The number of carbonyl (C=O) groups is 2. The first-order valence-corrected chi connectivity index (χ1v) is 9.89. The minimum absolute atomic E-state index is 0.212. The largest absolute Gasteiger partial charge is 0.494 e. The van der Waals surface area contributed by atoms with Crippen molar-refractivity contribution in [1.29, 1.82) is 0 Å². The van der Waals surface area contributed by atoms with E-state index in [1.165, 1.54) is 21.8 Å². The molecule has 2 aromatic rings. The van der Waals surface area contributed by atoms with Gasteiger partial charge in [-0.1, -0.05) is 6.92 Å². The fourth-order valence-electron chi connectivity index (χ4n) is 3.20.